The number of carbonyl (C=O) groups excluding carboxylic acids is 1. The minimum absolute atomic E-state index is 0.230. The number of nitrogens with one attached hydrogen (secondary N) is 2. The highest BCUT2D eigenvalue weighted by molar-refractivity contribution is 5.96. The summed E-state index contributed by atoms with van der Waals surface area (Å²) < 4.78 is 11.4. The molecule has 0 bridgehead atoms. The lowest BCUT2D eigenvalue weighted by Crippen LogP contribution is -2.09. The molecule has 0 radical (unpaired) electrons. The second-order valence-corrected chi connectivity index (χ2v) is 7.24. The molecule has 0 aromatic carbocycles. The van der Waals surface area contributed by atoms with Crippen LogP contribution in [0.25, 0.3) is 22.2 Å². The SMILES string of the molecule is CC(O)CCOc1cc(-c2c[nH]c3cnc(NC=O)cc23)nc(C2CCOC2)c1. The van der Waals surface area contributed by atoms with Crippen molar-refractivity contribution in [3.63, 3.8) is 0 Å². The molecule has 3 aromatic heterocycles. The summed E-state index contributed by atoms with van der Waals surface area (Å²) >= 11 is 0. The molecule has 0 spiro atoms. The van der Waals surface area contributed by atoms with Crippen LogP contribution in [0.3, 0.4) is 0 Å². The Morgan fingerprint density at radius 3 is 3.10 bits per heavy atom. The van der Waals surface area contributed by atoms with Gasteiger partial charge in [0.2, 0.25) is 6.41 Å². The minimum atomic E-state index is -0.413. The summed E-state index contributed by atoms with van der Waals surface area (Å²) in [4.78, 5) is 23.1. The maximum Gasteiger partial charge on any atom is 0.212 e. The van der Waals surface area contributed by atoms with Gasteiger partial charge in [0, 0.05) is 48.2 Å². The first kappa shape index (κ1) is 19.4. The molecule has 1 saturated heterocycles. The van der Waals surface area contributed by atoms with Gasteiger partial charge in [-0.25, -0.2) is 4.98 Å². The number of aromatic nitrogens is 3. The Balaban J connectivity index is 1.73. The first-order valence-electron chi connectivity index (χ1n) is 9.72. The Morgan fingerprint density at radius 1 is 1.45 bits per heavy atom. The van der Waals surface area contributed by atoms with Crippen molar-refractivity contribution >= 4 is 23.1 Å². The van der Waals surface area contributed by atoms with Crippen molar-refractivity contribution in [1.29, 1.82) is 0 Å². The number of amides is 1. The van der Waals surface area contributed by atoms with Gasteiger partial charge >= 0.3 is 0 Å². The third-order valence-corrected chi connectivity index (χ3v) is 5.02. The van der Waals surface area contributed by atoms with Crippen molar-refractivity contribution in [2.45, 2.75) is 31.8 Å². The van der Waals surface area contributed by atoms with Crippen LogP contribution < -0.4 is 10.1 Å². The minimum Gasteiger partial charge on any atom is -0.493 e. The smallest absolute Gasteiger partial charge is 0.212 e. The van der Waals surface area contributed by atoms with Crippen molar-refractivity contribution in [3.8, 4) is 17.0 Å². The van der Waals surface area contributed by atoms with Crippen LogP contribution in [-0.4, -0.2) is 52.4 Å². The summed E-state index contributed by atoms with van der Waals surface area (Å²) in [5.74, 6) is 1.42. The number of anilines is 1. The van der Waals surface area contributed by atoms with E-state index < -0.39 is 6.10 Å². The van der Waals surface area contributed by atoms with E-state index >= 15 is 0 Å². The predicted molar refractivity (Wildman–Crippen MR) is 109 cm³/mol. The Labute approximate surface area is 168 Å². The molecule has 8 heteroatoms. The second-order valence-electron chi connectivity index (χ2n) is 7.24. The number of rotatable bonds is 8. The molecule has 1 amide bonds. The van der Waals surface area contributed by atoms with Gasteiger partial charge in [0.15, 0.2) is 0 Å². The average molecular weight is 396 g/mol. The number of carbonyl (C=O) groups is 1. The monoisotopic (exact) mass is 396 g/mol. The zero-order valence-electron chi connectivity index (χ0n) is 16.2. The van der Waals surface area contributed by atoms with E-state index in [0.717, 1.165) is 40.9 Å². The van der Waals surface area contributed by atoms with Crippen molar-refractivity contribution < 1.29 is 19.4 Å². The van der Waals surface area contributed by atoms with E-state index in [1.807, 2.05) is 24.4 Å². The van der Waals surface area contributed by atoms with Crippen LogP contribution in [-0.2, 0) is 9.53 Å². The molecule has 3 aromatic rings. The second kappa shape index (κ2) is 8.59. The number of nitrogens with zero attached hydrogens (tertiary/aromatic N) is 2. The summed E-state index contributed by atoms with van der Waals surface area (Å²) in [6.45, 7) is 3.55. The number of aliphatic hydroxyl groups is 1. The van der Waals surface area contributed by atoms with Gasteiger partial charge < -0.3 is 24.9 Å². The molecule has 8 nitrogen and oxygen atoms in total. The zero-order chi connectivity index (χ0) is 20.2. The van der Waals surface area contributed by atoms with Crippen molar-refractivity contribution in [2.75, 3.05) is 25.1 Å². The summed E-state index contributed by atoms with van der Waals surface area (Å²) in [5.41, 5.74) is 3.46. The number of aliphatic hydroxyl groups excluding tert-OH is 1. The van der Waals surface area contributed by atoms with E-state index in [0.29, 0.717) is 37.6 Å². The maximum atomic E-state index is 10.8. The highest BCUT2D eigenvalue weighted by atomic mass is 16.5. The number of hydrogen-bond donors (Lipinski definition) is 3. The van der Waals surface area contributed by atoms with Crippen LogP contribution in [0.15, 0.2) is 30.6 Å². The lowest BCUT2D eigenvalue weighted by molar-refractivity contribution is -0.105. The molecule has 3 N–H and O–H groups in total. The summed E-state index contributed by atoms with van der Waals surface area (Å²) in [5, 5.41) is 13.0. The van der Waals surface area contributed by atoms with Crippen LogP contribution >= 0.6 is 0 Å². The van der Waals surface area contributed by atoms with Gasteiger partial charge in [0.25, 0.3) is 0 Å². The fraction of sp³-hybridized carbons (Fsp3) is 0.381. The summed E-state index contributed by atoms with van der Waals surface area (Å²) in [6, 6.07) is 5.68. The van der Waals surface area contributed by atoms with Crippen LogP contribution in [0.5, 0.6) is 5.75 Å². The standard InChI is InChI=1S/C21H24N4O4/c1-13(27)2-5-29-15-6-18(14-3-4-28-11-14)25-19(7-15)17-9-22-20-10-23-21(24-12-26)8-16(17)20/h6-10,12-14,22,27H,2-5,11H2,1H3,(H,23,24,26). The molecule has 2 unspecified atom stereocenters. The molecule has 2 atom stereocenters. The molecule has 4 heterocycles. The van der Waals surface area contributed by atoms with Gasteiger partial charge in [0.05, 0.1) is 42.4 Å². The molecule has 0 aliphatic carbocycles. The summed E-state index contributed by atoms with van der Waals surface area (Å²) in [7, 11) is 0. The van der Waals surface area contributed by atoms with E-state index in [1.165, 1.54) is 0 Å². The van der Waals surface area contributed by atoms with Crippen molar-refractivity contribution in [3.05, 3.63) is 36.3 Å². The van der Waals surface area contributed by atoms with Crippen molar-refractivity contribution in [2.24, 2.45) is 0 Å². The molecule has 1 fully saturated rings. The topological polar surface area (TPSA) is 109 Å². The Hall–Kier alpha value is -2.97. The van der Waals surface area contributed by atoms with Crippen molar-refractivity contribution in [1.82, 2.24) is 15.0 Å². The lowest BCUT2D eigenvalue weighted by Gasteiger charge is -2.14. The third kappa shape index (κ3) is 4.38. The van der Waals surface area contributed by atoms with Gasteiger partial charge in [-0.1, -0.05) is 0 Å². The lowest BCUT2D eigenvalue weighted by atomic mass is 10.0. The highest BCUT2D eigenvalue weighted by Gasteiger charge is 2.21. The number of hydrogen-bond acceptors (Lipinski definition) is 6. The largest absolute Gasteiger partial charge is 0.493 e. The van der Waals surface area contributed by atoms with E-state index in [4.69, 9.17) is 14.5 Å². The zero-order valence-corrected chi connectivity index (χ0v) is 16.2. The van der Waals surface area contributed by atoms with Crippen LogP contribution in [0.1, 0.15) is 31.4 Å². The van der Waals surface area contributed by atoms with Crippen LogP contribution in [0, 0.1) is 0 Å². The molecule has 1 aliphatic heterocycles. The van der Waals surface area contributed by atoms with Gasteiger partial charge in [-0.15, -0.1) is 0 Å². The molecular formula is C21H24N4O4. The Kier molecular flexibility index (Phi) is 5.73. The van der Waals surface area contributed by atoms with Crippen LogP contribution in [0.2, 0.25) is 0 Å². The Bertz CT molecular complexity index is 996. The first-order chi connectivity index (χ1) is 14.1. The van der Waals surface area contributed by atoms with Gasteiger partial charge in [0.1, 0.15) is 11.6 Å². The number of H-pyrrole nitrogens is 1. The predicted octanol–water partition coefficient (Wildman–Crippen LogP) is 2.85. The van der Waals surface area contributed by atoms with E-state index in [-0.39, 0.29) is 5.92 Å². The van der Waals surface area contributed by atoms with E-state index in [9.17, 15) is 9.90 Å². The fourth-order valence-corrected chi connectivity index (χ4v) is 3.44. The van der Waals surface area contributed by atoms with Gasteiger partial charge in [-0.3, -0.25) is 9.78 Å². The maximum absolute atomic E-state index is 10.8. The molecule has 4 rings (SSSR count). The first-order valence-corrected chi connectivity index (χ1v) is 9.72. The number of fused-ring (bicyclic) bond motifs is 1. The highest BCUT2D eigenvalue weighted by Crippen LogP contribution is 2.34. The number of aromatic amines is 1. The molecule has 29 heavy (non-hydrogen) atoms. The Morgan fingerprint density at radius 2 is 2.34 bits per heavy atom. The van der Waals surface area contributed by atoms with E-state index in [2.05, 4.69) is 15.3 Å². The number of pyridine rings is 2. The third-order valence-electron chi connectivity index (χ3n) is 5.02. The average Bonchev–Trinajstić information content (AvgIpc) is 3.38. The van der Waals surface area contributed by atoms with Gasteiger partial charge in [-0.05, 0) is 19.4 Å². The van der Waals surface area contributed by atoms with Crippen LogP contribution in [0.4, 0.5) is 5.82 Å². The number of ether oxygens (including phenoxy) is 2. The molecule has 0 saturated carbocycles. The van der Waals surface area contributed by atoms with Gasteiger partial charge in [-0.2, -0.15) is 0 Å². The summed E-state index contributed by atoms with van der Waals surface area (Å²) in [6.07, 6.45) is 5.23. The fourth-order valence-electron chi connectivity index (χ4n) is 3.44. The quantitative estimate of drug-likeness (QED) is 0.505. The normalized spacial score (nSPS) is 17.4. The van der Waals surface area contributed by atoms with E-state index in [1.54, 1.807) is 13.1 Å². The molecule has 152 valence electrons. The molecule has 1 aliphatic rings. The molecular weight excluding hydrogens is 372 g/mol.